The first-order valence-electron chi connectivity index (χ1n) is 5.77. The fourth-order valence-electron chi connectivity index (χ4n) is 1.94. The van der Waals surface area contributed by atoms with E-state index < -0.39 is 18.0 Å². The molecule has 1 aliphatic carbocycles. The Hall–Kier alpha value is -1.94. The van der Waals surface area contributed by atoms with Crippen molar-refractivity contribution in [2.45, 2.75) is 19.1 Å². The lowest BCUT2D eigenvalue weighted by Gasteiger charge is -2.08. The molecule has 0 radical (unpaired) electrons. The number of aldehydes is 1. The molecular formula is C14H14O4. The lowest BCUT2D eigenvalue weighted by Crippen LogP contribution is -2.14. The van der Waals surface area contributed by atoms with E-state index in [9.17, 15) is 14.7 Å². The van der Waals surface area contributed by atoms with Crippen molar-refractivity contribution in [2.24, 2.45) is 5.92 Å². The van der Waals surface area contributed by atoms with Crippen molar-refractivity contribution in [3.05, 3.63) is 47.5 Å². The number of carbonyl (C=O) groups excluding carboxylic acids is 2. The van der Waals surface area contributed by atoms with Crippen LogP contribution in [0.1, 0.15) is 12.0 Å². The van der Waals surface area contributed by atoms with Gasteiger partial charge in [-0.25, -0.2) is 4.79 Å². The van der Waals surface area contributed by atoms with E-state index in [4.69, 9.17) is 4.74 Å². The molecule has 0 saturated carbocycles. The Morgan fingerprint density at radius 2 is 2.11 bits per heavy atom. The van der Waals surface area contributed by atoms with E-state index >= 15 is 0 Å². The molecule has 0 amide bonds. The van der Waals surface area contributed by atoms with Gasteiger partial charge in [0.05, 0.1) is 6.10 Å². The van der Waals surface area contributed by atoms with Crippen LogP contribution in [0, 0.1) is 5.92 Å². The minimum Gasteiger partial charge on any atom is -0.457 e. The molecule has 4 heteroatoms. The van der Waals surface area contributed by atoms with Crippen LogP contribution in [-0.4, -0.2) is 23.5 Å². The van der Waals surface area contributed by atoms with Crippen LogP contribution >= 0.6 is 0 Å². The summed E-state index contributed by atoms with van der Waals surface area (Å²) in [5.41, 5.74) is 1.14. The minimum atomic E-state index is -0.737. The fourth-order valence-corrected chi connectivity index (χ4v) is 1.94. The molecule has 1 N–H and O–H groups in total. The Kier molecular flexibility index (Phi) is 3.89. The number of aliphatic hydroxyl groups excluding tert-OH is 1. The first kappa shape index (κ1) is 12.5. The Morgan fingerprint density at radius 3 is 2.78 bits per heavy atom. The smallest absolute Gasteiger partial charge is 0.334 e. The van der Waals surface area contributed by atoms with Gasteiger partial charge in [-0.2, -0.15) is 0 Å². The van der Waals surface area contributed by atoms with Crippen LogP contribution in [0.3, 0.4) is 0 Å². The second kappa shape index (κ2) is 5.60. The Balaban J connectivity index is 1.96. The van der Waals surface area contributed by atoms with Crippen LogP contribution in [0.2, 0.25) is 0 Å². The third-order valence-corrected chi connectivity index (χ3v) is 2.88. The third kappa shape index (κ3) is 2.84. The van der Waals surface area contributed by atoms with E-state index in [0.717, 1.165) is 5.56 Å². The molecule has 1 aromatic carbocycles. The molecule has 0 fully saturated rings. The molecule has 1 unspecified atom stereocenters. The summed E-state index contributed by atoms with van der Waals surface area (Å²) in [5.74, 6) is -1.09. The molecule has 0 aliphatic heterocycles. The predicted octanol–water partition coefficient (Wildman–Crippen LogP) is 1.24. The molecule has 0 spiro atoms. The number of benzene rings is 1. The molecule has 2 atom stereocenters. The highest BCUT2D eigenvalue weighted by Crippen LogP contribution is 2.25. The molecule has 0 bridgehead atoms. The fraction of sp³-hybridized carbons (Fsp3) is 0.286. The Labute approximate surface area is 105 Å². The number of ether oxygens (including phenoxy) is 1. The summed E-state index contributed by atoms with van der Waals surface area (Å²) >= 11 is 0. The highest BCUT2D eigenvalue weighted by Gasteiger charge is 2.30. The van der Waals surface area contributed by atoms with Crippen molar-refractivity contribution < 1.29 is 19.4 Å². The van der Waals surface area contributed by atoms with Gasteiger partial charge in [-0.05, 0) is 18.1 Å². The number of esters is 1. The zero-order valence-electron chi connectivity index (χ0n) is 9.78. The van der Waals surface area contributed by atoms with Crippen LogP contribution in [0.5, 0.6) is 0 Å². The average Bonchev–Trinajstić information content (AvgIpc) is 2.78. The summed E-state index contributed by atoms with van der Waals surface area (Å²) in [4.78, 5) is 22.6. The summed E-state index contributed by atoms with van der Waals surface area (Å²) in [5, 5.41) is 9.39. The normalized spacial score (nSPS) is 22.4. The molecule has 1 aliphatic rings. The van der Waals surface area contributed by atoms with Gasteiger partial charge in [0, 0.05) is 11.5 Å². The lowest BCUT2D eigenvalue weighted by atomic mass is 10.0. The van der Waals surface area contributed by atoms with Crippen molar-refractivity contribution >= 4 is 12.3 Å². The van der Waals surface area contributed by atoms with E-state index in [0.29, 0.717) is 6.29 Å². The van der Waals surface area contributed by atoms with Crippen LogP contribution in [0.4, 0.5) is 0 Å². The van der Waals surface area contributed by atoms with E-state index in [1.165, 1.54) is 6.08 Å². The summed E-state index contributed by atoms with van der Waals surface area (Å²) in [6.45, 7) is 0.165. The van der Waals surface area contributed by atoms with E-state index in [-0.39, 0.29) is 18.6 Å². The van der Waals surface area contributed by atoms with E-state index in [2.05, 4.69) is 0 Å². The van der Waals surface area contributed by atoms with Gasteiger partial charge in [-0.1, -0.05) is 30.3 Å². The minimum absolute atomic E-state index is 0.165. The largest absolute Gasteiger partial charge is 0.457 e. The molecule has 2 rings (SSSR count). The molecule has 94 valence electrons. The molecule has 4 nitrogen and oxygen atoms in total. The van der Waals surface area contributed by atoms with Crippen molar-refractivity contribution in [1.82, 2.24) is 0 Å². The molecule has 1 aromatic rings. The van der Waals surface area contributed by atoms with Gasteiger partial charge >= 0.3 is 5.97 Å². The Morgan fingerprint density at radius 1 is 1.39 bits per heavy atom. The zero-order valence-corrected chi connectivity index (χ0v) is 9.78. The van der Waals surface area contributed by atoms with Crippen LogP contribution in [-0.2, 0) is 20.9 Å². The molecular weight excluding hydrogens is 232 g/mol. The molecule has 0 saturated heterocycles. The number of aliphatic hydroxyl groups is 1. The van der Waals surface area contributed by atoms with Gasteiger partial charge in [0.15, 0.2) is 0 Å². The van der Waals surface area contributed by atoms with Gasteiger partial charge in [0.1, 0.15) is 12.9 Å². The highest BCUT2D eigenvalue weighted by atomic mass is 16.5. The number of hydrogen-bond donors (Lipinski definition) is 1. The van der Waals surface area contributed by atoms with E-state index in [1.807, 2.05) is 30.3 Å². The topological polar surface area (TPSA) is 63.6 Å². The van der Waals surface area contributed by atoms with Gasteiger partial charge in [-0.15, -0.1) is 0 Å². The number of rotatable bonds is 4. The van der Waals surface area contributed by atoms with Crippen molar-refractivity contribution in [2.75, 3.05) is 0 Å². The summed E-state index contributed by atoms with van der Waals surface area (Å²) in [6.07, 6.45) is 1.59. The maximum absolute atomic E-state index is 11.8. The zero-order chi connectivity index (χ0) is 13.0. The first-order valence-corrected chi connectivity index (χ1v) is 5.77. The van der Waals surface area contributed by atoms with Crippen molar-refractivity contribution in [3.8, 4) is 0 Å². The maximum atomic E-state index is 11.8. The SMILES string of the molecule is O=CC1C[C@H](O)C=C1C(=O)OCc1ccccc1. The quantitative estimate of drug-likeness (QED) is 0.641. The molecule has 0 heterocycles. The molecule has 0 aromatic heterocycles. The van der Waals surface area contributed by atoms with Gasteiger partial charge in [0.2, 0.25) is 0 Å². The van der Waals surface area contributed by atoms with Crippen LogP contribution in [0.15, 0.2) is 42.0 Å². The van der Waals surface area contributed by atoms with Crippen molar-refractivity contribution in [1.29, 1.82) is 0 Å². The highest BCUT2D eigenvalue weighted by molar-refractivity contribution is 5.93. The monoisotopic (exact) mass is 246 g/mol. The third-order valence-electron chi connectivity index (χ3n) is 2.88. The van der Waals surface area contributed by atoms with Crippen molar-refractivity contribution in [3.63, 3.8) is 0 Å². The molecule has 18 heavy (non-hydrogen) atoms. The summed E-state index contributed by atoms with van der Waals surface area (Å²) in [7, 11) is 0. The first-order chi connectivity index (χ1) is 8.70. The average molecular weight is 246 g/mol. The number of carbonyl (C=O) groups is 2. The van der Waals surface area contributed by atoms with Gasteiger partial charge in [0.25, 0.3) is 0 Å². The summed E-state index contributed by atoms with van der Waals surface area (Å²) in [6, 6.07) is 9.29. The standard InChI is InChI=1S/C14H14O4/c15-8-11-6-12(16)7-13(11)14(17)18-9-10-4-2-1-3-5-10/h1-5,7-8,11-12,16H,6,9H2/t11?,12-/m0/s1. The summed E-state index contributed by atoms with van der Waals surface area (Å²) < 4.78 is 5.12. The van der Waals surface area contributed by atoms with Gasteiger partial charge < -0.3 is 14.6 Å². The van der Waals surface area contributed by atoms with E-state index in [1.54, 1.807) is 0 Å². The predicted molar refractivity (Wildman–Crippen MR) is 64.5 cm³/mol. The number of hydrogen-bond acceptors (Lipinski definition) is 4. The lowest BCUT2D eigenvalue weighted by molar-refractivity contribution is -0.141. The Bertz CT molecular complexity index is 464. The second-order valence-electron chi connectivity index (χ2n) is 4.23. The van der Waals surface area contributed by atoms with Crippen LogP contribution < -0.4 is 0 Å². The van der Waals surface area contributed by atoms with Gasteiger partial charge in [-0.3, -0.25) is 0 Å². The second-order valence-corrected chi connectivity index (χ2v) is 4.23. The maximum Gasteiger partial charge on any atom is 0.334 e. The van der Waals surface area contributed by atoms with Crippen LogP contribution in [0.25, 0.3) is 0 Å².